The van der Waals surface area contributed by atoms with E-state index in [4.69, 9.17) is 9.84 Å². The van der Waals surface area contributed by atoms with Crippen LogP contribution in [0.5, 0.6) is 5.75 Å². The lowest BCUT2D eigenvalue weighted by Crippen LogP contribution is -2.58. The Kier molecular flexibility index (Phi) is 4.20. The van der Waals surface area contributed by atoms with Gasteiger partial charge in [0.15, 0.2) is 0 Å². The SMILES string of the molecule is CC(C)c1ccc(C2=NN3[C@@H](C2)c2ccccc2OC32CCN(C)CC2)cc1. The van der Waals surface area contributed by atoms with E-state index in [0.29, 0.717) is 5.92 Å². The predicted molar refractivity (Wildman–Crippen MR) is 113 cm³/mol. The number of hydrazone groups is 1. The maximum absolute atomic E-state index is 6.65. The van der Waals surface area contributed by atoms with E-state index in [2.05, 4.69) is 79.3 Å². The van der Waals surface area contributed by atoms with Crippen molar-refractivity contribution in [3.63, 3.8) is 0 Å². The molecule has 2 aromatic rings. The second-order valence-corrected chi connectivity index (χ2v) is 8.78. The van der Waals surface area contributed by atoms with Crippen LogP contribution in [0.1, 0.15) is 61.8 Å². The molecule has 0 aromatic heterocycles. The average molecular weight is 376 g/mol. The van der Waals surface area contributed by atoms with Crippen molar-refractivity contribution in [3.8, 4) is 5.75 Å². The third-order valence-electron chi connectivity index (χ3n) is 6.58. The number of benzene rings is 2. The van der Waals surface area contributed by atoms with Crippen molar-refractivity contribution in [2.75, 3.05) is 20.1 Å². The summed E-state index contributed by atoms with van der Waals surface area (Å²) >= 11 is 0. The highest BCUT2D eigenvalue weighted by molar-refractivity contribution is 6.02. The third kappa shape index (κ3) is 2.82. The van der Waals surface area contributed by atoms with Crippen LogP contribution in [0.2, 0.25) is 0 Å². The second-order valence-electron chi connectivity index (χ2n) is 8.78. The van der Waals surface area contributed by atoms with Crippen molar-refractivity contribution >= 4 is 5.71 Å². The van der Waals surface area contributed by atoms with Gasteiger partial charge in [0, 0.05) is 37.9 Å². The molecular weight excluding hydrogens is 346 g/mol. The van der Waals surface area contributed by atoms with Crippen LogP contribution >= 0.6 is 0 Å². The highest BCUT2D eigenvalue weighted by Crippen LogP contribution is 2.49. The summed E-state index contributed by atoms with van der Waals surface area (Å²) < 4.78 is 6.65. The minimum atomic E-state index is -0.314. The summed E-state index contributed by atoms with van der Waals surface area (Å²) in [4.78, 5) is 2.38. The number of hydrogen-bond donors (Lipinski definition) is 0. The molecule has 3 aliphatic rings. The lowest BCUT2D eigenvalue weighted by Gasteiger charge is -2.50. The first-order valence-electron chi connectivity index (χ1n) is 10.5. The van der Waals surface area contributed by atoms with Crippen LogP contribution in [0.25, 0.3) is 0 Å². The van der Waals surface area contributed by atoms with Crippen molar-refractivity contribution in [1.82, 2.24) is 9.91 Å². The van der Waals surface area contributed by atoms with Crippen LogP contribution in [0, 0.1) is 0 Å². The van der Waals surface area contributed by atoms with Crippen LogP contribution in [0.3, 0.4) is 0 Å². The minimum absolute atomic E-state index is 0.271. The van der Waals surface area contributed by atoms with Gasteiger partial charge in [0.2, 0.25) is 5.72 Å². The Morgan fingerprint density at radius 1 is 1.04 bits per heavy atom. The van der Waals surface area contributed by atoms with E-state index in [0.717, 1.165) is 38.1 Å². The molecular formula is C24H29N3O. The van der Waals surface area contributed by atoms with Gasteiger partial charge in [-0.1, -0.05) is 56.3 Å². The number of rotatable bonds is 2. The first-order valence-corrected chi connectivity index (χ1v) is 10.5. The summed E-state index contributed by atoms with van der Waals surface area (Å²) in [6.45, 7) is 6.56. The molecule has 146 valence electrons. The first kappa shape index (κ1) is 17.7. The highest BCUT2D eigenvalue weighted by Gasteiger charge is 2.51. The summed E-state index contributed by atoms with van der Waals surface area (Å²) in [5.74, 6) is 1.59. The zero-order valence-corrected chi connectivity index (χ0v) is 17.1. The zero-order chi connectivity index (χ0) is 19.3. The lowest BCUT2D eigenvalue weighted by atomic mass is 9.90. The van der Waals surface area contributed by atoms with Crippen molar-refractivity contribution in [2.24, 2.45) is 5.10 Å². The van der Waals surface area contributed by atoms with E-state index in [-0.39, 0.29) is 11.8 Å². The topological polar surface area (TPSA) is 28.1 Å². The third-order valence-corrected chi connectivity index (χ3v) is 6.58. The molecule has 5 rings (SSSR count). The summed E-state index contributed by atoms with van der Waals surface area (Å²) in [6, 6.07) is 17.8. The van der Waals surface area contributed by atoms with Crippen LogP contribution in [0.4, 0.5) is 0 Å². The van der Waals surface area contributed by atoms with Gasteiger partial charge in [-0.05, 0) is 30.2 Å². The Bertz CT molecular complexity index is 894. The number of fused-ring (bicyclic) bond motifs is 4. The minimum Gasteiger partial charge on any atom is -0.466 e. The molecule has 0 N–H and O–H groups in total. The Morgan fingerprint density at radius 3 is 2.46 bits per heavy atom. The number of para-hydroxylation sites is 1. The molecule has 3 heterocycles. The van der Waals surface area contributed by atoms with Crippen LogP contribution in [-0.2, 0) is 0 Å². The molecule has 0 bridgehead atoms. The Balaban J connectivity index is 1.53. The monoisotopic (exact) mass is 375 g/mol. The van der Waals surface area contributed by atoms with Crippen LogP contribution in [0.15, 0.2) is 53.6 Å². The Hall–Kier alpha value is -2.33. The molecule has 1 spiro atoms. The molecule has 0 saturated carbocycles. The molecule has 0 radical (unpaired) electrons. The van der Waals surface area contributed by atoms with Gasteiger partial charge in [-0.2, -0.15) is 5.10 Å². The maximum atomic E-state index is 6.65. The lowest BCUT2D eigenvalue weighted by molar-refractivity contribution is -0.147. The molecule has 1 saturated heterocycles. The van der Waals surface area contributed by atoms with Gasteiger partial charge < -0.3 is 9.64 Å². The largest absolute Gasteiger partial charge is 0.466 e. The van der Waals surface area contributed by atoms with E-state index < -0.39 is 0 Å². The molecule has 3 aliphatic heterocycles. The van der Waals surface area contributed by atoms with E-state index in [1.165, 1.54) is 22.4 Å². The summed E-state index contributed by atoms with van der Waals surface area (Å²) in [6.07, 6.45) is 2.91. The predicted octanol–water partition coefficient (Wildman–Crippen LogP) is 4.78. The molecule has 1 fully saturated rings. The smallest absolute Gasteiger partial charge is 0.200 e. The maximum Gasteiger partial charge on any atom is 0.200 e. The van der Waals surface area contributed by atoms with Crippen LogP contribution < -0.4 is 4.74 Å². The van der Waals surface area contributed by atoms with Crippen LogP contribution in [-0.4, -0.2) is 41.5 Å². The van der Waals surface area contributed by atoms with Crippen molar-refractivity contribution in [2.45, 2.75) is 50.8 Å². The van der Waals surface area contributed by atoms with Gasteiger partial charge >= 0.3 is 0 Å². The van der Waals surface area contributed by atoms with Gasteiger partial charge in [0.05, 0.1) is 11.8 Å². The van der Waals surface area contributed by atoms with Crippen molar-refractivity contribution < 1.29 is 4.74 Å². The fourth-order valence-electron chi connectivity index (χ4n) is 4.76. The number of likely N-dealkylation sites (tertiary alicyclic amines) is 1. The van der Waals surface area contributed by atoms with Crippen molar-refractivity contribution in [3.05, 3.63) is 65.2 Å². The molecule has 2 aromatic carbocycles. The van der Waals surface area contributed by atoms with E-state index >= 15 is 0 Å². The normalized spacial score (nSPS) is 23.4. The van der Waals surface area contributed by atoms with E-state index in [1.807, 2.05) is 0 Å². The van der Waals surface area contributed by atoms with Gasteiger partial charge in [-0.25, -0.2) is 5.01 Å². The van der Waals surface area contributed by atoms with Crippen molar-refractivity contribution in [1.29, 1.82) is 0 Å². The number of piperidine rings is 1. The zero-order valence-electron chi connectivity index (χ0n) is 17.1. The molecule has 4 heteroatoms. The highest BCUT2D eigenvalue weighted by atomic mass is 16.5. The second kappa shape index (κ2) is 6.63. The summed E-state index contributed by atoms with van der Waals surface area (Å²) in [5.41, 5.74) is 4.74. The Labute approximate surface area is 167 Å². The molecule has 0 aliphatic carbocycles. The molecule has 0 unspecified atom stereocenters. The first-order chi connectivity index (χ1) is 13.6. The quantitative estimate of drug-likeness (QED) is 0.756. The molecule has 4 nitrogen and oxygen atoms in total. The fourth-order valence-corrected chi connectivity index (χ4v) is 4.76. The van der Waals surface area contributed by atoms with Gasteiger partial charge in [0.1, 0.15) is 5.75 Å². The summed E-state index contributed by atoms with van der Waals surface area (Å²) in [7, 11) is 2.19. The Morgan fingerprint density at radius 2 is 1.75 bits per heavy atom. The standard InChI is InChI=1S/C24H29N3O/c1-17(2)18-8-10-19(11-9-18)21-16-22-20-6-4-5-7-23(20)28-24(27(22)25-21)12-14-26(3)15-13-24/h4-11,17,22H,12-16H2,1-3H3/t22-/m0/s1. The number of nitrogens with zero attached hydrogens (tertiary/aromatic N) is 3. The molecule has 1 atom stereocenters. The average Bonchev–Trinajstić information content (AvgIpc) is 3.17. The molecule has 0 amide bonds. The van der Waals surface area contributed by atoms with Gasteiger partial charge in [0.25, 0.3) is 0 Å². The van der Waals surface area contributed by atoms with Gasteiger partial charge in [-0.15, -0.1) is 0 Å². The van der Waals surface area contributed by atoms with Gasteiger partial charge in [-0.3, -0.25) is 0 Å². The fraction of sp³-hybridized carbons (Fsp3) is 0.458. The summed E-state index contributed by atoms with van der Waals surface area (Å²) in [5, 5.41) is 7.46. The van der Waals surface area contributed by atoms with E-state index in [1.54, 1.807) is 0 Å². The number of hydrogen-bond acceptors (Lipinski definition) is 4. The molecule has 28 heavy (non-hydrogen) atoms. The number of ether oxygens (including phenoxy) is 1. The van der Waals surface area contributed by atoms with E-state index in [9.17, 15) is 0 Å².